The molecule has 3 saturated heterocycles. The van der Waals surface area contributed by atoms with Gasteiger partial charge in [-0.2, -0.15) is 11.8 Å². The van der Waals surface area contributed by atoms with E-state index in [0.29, 0.717) is 12.0 Å². The average molecular weight is 285 g/mol. The molecule has 3 fully saturated rings. The predicted molar refractivity (Wildman–Crippen MR) is 79.6 cm³/mol. The summed E-state index contributed by atoms with van der Waals surface area (Å²) in [5.74, 6) is 2.80. The van der Waals surface area contributed by atoms with E-state index in [1.807, 2.05) is 11.8 Å². The highest BCUT2D eigenvalue weighted by Gasteiger charge is 2.49. The van der Waals surface area contributed by atoms with Gasteiger partial charge in [0.1, 0.15) is 0 Å². The number of hydrogen-bond acceptors (Lipinski definition) is 4. The highest BCUT2D eigenvalue weighted by atomic mass is 32.2. The number of ether oxygens (including phenoxy) is 1. The minimum absolute atomic E-state index is 0.0932. The molecule has 3 rings (SSSR count). The van der Waals surface area contributed by atoms with Crippen molar-refractivity contribution in [2.24, 2.45) is 5.92 Å². The van der Waals surface area contributed by atoms with Crippen LogP contribution in [0.15, 0.2) is 0 Å². The summed E-state index contributed by atoms with van der Waals surface area (Å²) in [6.07, 6.45) is 5.16. The molecule has 0 aromatic rings. The van der Waals surface area contributed by atoms with Gasteiger partial charge in [-0.25, -0.2) is 0 Å². The number of aliphatic hydroxyl groups is 1. The molecule has 3 heterocycles. The Balaban J connectivity index is 1.70. The molecule has 110 valence electrons. The van der Waals surface area contributed by atoms with E-state index in [9.17, 15) is 5.11 Å². The Bertz CT molecular complexity index is 332. The molecule has 1 spiro atoms. The lowest BCUT2D eigenvalue weighted by molar-refractivity contribution is -0.151. The van der Waals surface area contributed by atoms with E-state index in [1.165, 1.54) is 12.2 Å². The van der Waals surface area contributed by atoms with Crippen molar-refractivity contribution >= 4 is 11.8 Å². The van der Waals surface area contributed by atoms with Crippen molar-refractivity contribution in [2.45, 2.75) is 56.3 Å². The van der Waals surface area contributed by atoms with Crippen LogP contribution in [0.3, 0.4) is 0 Å². The second kappa shape index (κ2) is 5.21. The van der Waals surface area contributed by atoms with Crippen LogP contribution in [-0.2, 0) is 4.74 Å². The number of likely N-dealkylation sites (tertiary alicyclic amines) is 1. The highest BCUT2D eigenvalue weighted by Crippen LogP contribution is 2.46. The Morgan fingerprint density at radius 3 is 2.84 bits per heavy atom. The molecule has 0 amide bonds. The van der Waals surface area contributed by atoms with Gasteiger partial charge in [0.15, 0.2) is 0 Å². The molecule has 0 aliphatic carbocycles. The molecule has 3 nitrogen and oxygen atoms in total. The van der Waals surface area contributed by atoms with E-state index in [0.717, 1.165) is 44.6 Å². The molecule has 3 aliphatic rings. The van der Waals surface area contributed by atoms with Crippen molar-refractivity contribution in [1.29, 1.82) is 0 Å². The van der Waals surface area contributed by atoms with Crippen LogP contribution in [-0.4, -0.2) is 59.0 Å². The maximum Gasteiger partial charge on any atom is 0.0784 e. The van der Waals surface area contributed by atoms with Crippen molar-refractivity contribution in [3.8, 4) is 0 Å². The molecule has 0 aromatic carbocycles. The summed E-state index contributed by atoms with van der Waals surface area (Å²) in [5, 5.41) is 11.1. The summed E-state index contributed by atoms with van der Waals surface area (Å²) in [4.78, 5) is 2.37. The molecule has 1 N–H and O–H groups in total. The summed E-state index contributed by atoms with van der Waals surface area (Å²) < 4.78 is 6.10. The lowest BCUT2D eigenvalue weighted by Gasteiger charge is -2.49. The molecular weight excluding hydrogens is 258 g/mol. The fourth-order valence-corrected chi connectivity index (χ4v) is 5.46. The van der Waals surface area contributed by atoms with Gasteiger partial charge < -0.3 is 14.7 Å². The topological polar surface area (TPSA) is 32.7 Å². The van der Waals surface area contributed by atoms with Gasteiger partial charge in [0.05, 0.1) is 11.2 Å². The van der Waals surface area contributed by atoms with E-state index in [4.69, 9.17) is 4.74 Å². The van der Waals surface area contributed by atoms with E-state index in [1.54, 1.807) is 0 Å². The van der Waals surface area contributed by atoms with Crippen LogP contribution in [0.1, 0.15) is 39.0 Å². The van der Waals surface area contributed by atoms with Crippen molar-refractivity contribution < 1.29 is 9.84 Å². The number of piperidine rings is 1. The second-order valence-corrected chi connectivity index (χ2v) is 8.02. The van der Waals surface area contributed by atoms with Crippen molar-refractivity contribution in [3.63, 3.8) is 0 Å². The predicted octanol–water partition coefficient (Wildman–Crippen LogP) is 2.13. The Labute approximate surface area is 121 Å². The zero-order valence-corrected chi connectivity index (χ0v) is 13.0. The first-order valence-electron chi connectivity index (χ1n) is 7.67. The normalized spacial score (nSPS) is 48.8. The zero-order chi connectivity index (χ0) is 13.5. The van der Waals surface area contributed by atoms with Gasteiger partial charge in [-0.1, -0.05) is 0 Å². The first-order valence-corrected chi connectivity index (χ1v) is 8.83. The fraction of sp³-hybridized carbons (Fsp3) is 1.00. The van der Waals surface area contributed by atoms with Crippen molar-refractivity contribution in [3.05, 3.63) is 0 Å². The Hall–Kier alpha value is 0.230. The van der Waals surface area contributed by atoms with Gasteiger partial charge in [0.25, 0.3) is 0 Å². The number of thioether (sulfide) groups is 1. The lowest BCUT2D eigenvalue weighted by Crippen LogP contribution is -2.55. The maximum atomic E-state index is 11.1. The largest absolute Gasteiger partial charge is 0.389 e. The molecule has 4 unspecified atom stereocenters. The third-order valence-electron chi connectivity index (χ3n) is 5.62. The zero-order valence-electron chi connectivity index (χ0n) is 12.2. The van der Waals surface area contributed by atoms with E-state index < -0.39 is 5.60 Å². The molecule has 0 aromatic heterocycles. The number of nitrogens with zero attached hydrogens (tertiary/aromatic N) is 1. The first-order chi connectivity index (χ1) is 9.03. The molecular formula is C15H27NO2S. The third-order valence-corrected chi connectivity index (χ3v) is 6.84. The Morgan fingerprint density at radius 2 is 2.16 bits per heavy atom. The summed E-state index contributed by atoms with van der Waals surface area (Å²) in [7, 11) is 2.17. The van der Waals surface area contributed by atoms with E-state index in [-0.39, 0.29) is 5.60 Å². The van der Waals surface area contributed by atoms with Crippen LogP contribution in [0, 0.1) is 5.92 Å². The van der Waals surface area contributed by atoms with Gasteiger partial charge in [-0.3, -0.25) is 0 Å². The third kappa shape index (κ3) is 2.69. The summed E-state index contributed by atoms with van der Waals surface area (Å²) in [6, 6.07) is 0.496. The second-order valence-electron chi connectivity index (χ2n) is 6.91. The fourth-order valence-electron chi connectivity index (χ4n) is 4.08. The quantitative estimate of drug-likeness (QED) is 0.800. The minimum atomic E-state index is -0.448. The molecule has 0 saturated carbocycles. The molecule has 0 radical (unpaired) electrons. The van der Waals surface area contributed by atoms with Crippen LogP contribution in [0.2, 0.25) is 0 Å². The van der Waals surface area contributed by atoms with Gasteiger partial charge in [0, 0.05) is 24.9 Å². The van der Waals surface area contributed by atoms with E-state index >= 15 is 0 Å². The summed E-state index contributed by atoms with van der Waals surface area (Å²) >= 11 is 2.01. The number of rotatable bonds is 1. The summed E-state index contributed by atoms with van der Waals surface area (Å²) in [6.45, 7) is 4.11. The molecule has 19 heavy (non-hydrogen) atoms. The standard InChI is InChI=1S/C15H27NO2S/c1-12-9-15(17,4-6-16(12)2)13-3-7-18-14(10-13)5-8-19-11-14/h12-13,17H,3-11H2,1-2H3. The average Bonchev–Trinajstić information content (AvgIpc) is 2.83. The maximum absolute atomic E-state index is 11.1. The monoisotopic (exact) mass is 285 g/mol. The summed E-state index contributed by atoms with van der Waals surface area (Å²) in [5.41, 5.74) is -0.355. The van der Waals surface area contributed by atoms with Crippen LogP contribution >= 0.6 is 11.8 Å². The lowest BCUT2D eigenvalue weighted by atomic mass is 9.70. The molecule has 4 atom stereocenters. The van der Waals surface area contributed by atoms with Crippen LogP contribution in [0.25, 0.3) is 0 Å². The Morgan fingerprint density at radius 1 is 1.32 bits per heavy atom. The van der Waals surface area contributed by atoms with Crippen LogP contribution < -0.4 is 0 Å². The van der Waals surface area contributed by atoms with Gasteiger partial charge in [-0.05, 0) is 57.7 Å². The van der Waals surface area contributed by atoms with Crippen molar-refractivity contribution in [2.75, 3.05) is 31.7 Å². The minimum Gasteiger partial charge on any atom is -0.389 e. The molecule has 4 heteroatoms. The smallest absolute Gasteiger partial charge is 0.0784 e. The van der Waals surface area contributed by atoms with Crippen molar-refractivity contribution in [1.82, 2.24) is 4.90 Å². The first kappa shape index (κ1) is 14.2. The van der Waals surface area contributed by atoms with Gasteiger partial charge >= 0.3 is 0 Å². The number of hydrogen-bond donors (Lipinski definition) is 1. The van der Waals surface area contributed by atoms with Gasteiger partial charge in [-0.15, -0.1) is 0 Å². The van der Waals surface area contributed by atoms with Crippen LogP contribution in [0.4, 0.5) is 0 Å². The highest BCUT2D eigenvalue weighted by molar-refractivity contribution is 7.99. The Kier molecular flexibility index (Phi) is 3.89. The SMILES string of the molecule is CC1CC(O)(C2CCOC3(CCSC3)C2)CCN1C. The molecule has 0 bridgehead atoms. The van der Waals surface area contributed by atoms with Crippen LogP contribution in [0.5, 0.6) is 0 Å². The van der Waals surface area contributed by atoms with E-state index in [2.05, 4.69) is 18.9 Å². The molecule has 3 aliphatic heterocycles. The van der Waals surface area contributed by atoms with Gasteiger partial charge in [0.2, 0.25) is 0 Å².